The first-order chi connectivity index (χ1) is 8.74. The van der Waals surface area contributed by atoms with Gasteiger partial charge < -0.3 is 4.74 Å². The van der Waals surface area contributed by atoms with Crippen LogP contribution in [0.15, 0.2) is 18.2 Å². The predicted octanol–water partition coefficient (Wildman–Crippen LogP) is 2.66. The molecule has 0 radical (unpaired) electrons. The van der Waals surface area contributed by atoms with Crippen LogP contribution in [-0.4, -0.2) is 17.6 Å². The Kier molecular flexibility index (Phi) is 4.92. The maximum atomic E-state index is 5.68. The van der Waals surface area contributed by atoms with E-state index in [0.29, 0.717) is 5.25 Å². The van der Waals surface area contributed by atoms with Gasteiger partial charge >= 0.3 is 0 Å². The highest BCUT2D eigenvalue weighted by Gasteiger charge is 2.16. The van der Waals surface area contributed by atoms with Gasteiger partial charge in [0.15, 0.2) is 0 Å². The molecule has 1 heterocycles. The fourth-order valence-corrected chi connectivity index (χ4v) is 3.09. The maximum absolute atomic E-state index is 5.68. The zero-order valence-corrected chi connectivity index (χ0v) is 11.9. The van der Waals surface area contributed by atoms with Crippen LogP contribution in [0, 0.1) is 0 Å². The van der Waals surface area contributed by atoms with Crippen LogP contribution in [0.5, 0.6) is 5.75 Å². The van der Waals surface area contributed by atoms with Crippen molar-refractivity contribution in [2.45, 2.75) is 38.0 Å². The third-order valence-corrected chi connectivity index (χ3v) is 4.87. The van der Waals surface area contributed by atoms with Crippen LogP contribution in [0.3, 0.4) is 0 Å². The zero-order valence-electron chi connectivity index (χ0n) is 11.1. The lowest BCUT2D eigenvalue weighted by Crippen LogP contribution is -2.30. The van der Waals surface area contributed by atoms with Crippen LogP contribution in [0.4, 0.5) is 0 Å². The molecule has 3 nitrogen and oxygen atoms in total. The van der Waals surface area contributed by atoms with E-state index in [1.165, 1.54) is 17.5 Å². The zero-order chi connectivity index (χ0) is 13.0. The Morgan fingerprint density at radius 3 is 3.06 bits per heavy atom. The lowest BCUT2D eigenvalue weighted by Gasteiger charge is -2.18. The van der Waals surface area contributed by atoms with E-state index in [4.69, 9.17) is 10.6 Å². The Hall–Kier alpha value is -0.710. The molecule has 0 amide bonds. The first kappa shape index (κ1) is 13.7. The Bertz CT molecular complexity index is 397. The van der Waals surface area contributed by atoms with Crippen LogP contribution in [-0.2, 0) is 6.42 Å². The van der Waals surface area contributed by atoms with Gasteiger partial charge in [-0.15, -0.1) is 0 Å². The van der Waals surface area contributed by atoms with Gasteiger partial charge in [0.1, 0.15) is 5.75 Å². The summed E-state index contributed by atoms with van der Waals surface area (Å²) >= 11 is 1.96. The van der Waals surface area contributed by atoms with Crippen molar-refractivity contribution in [2.24, 2.45) is 5.84 Å². The SMILES string of the molecule is CCC(C)SCC(NN)c1ccc2c(c1)CCO2. The van der Waals surface area contributed by atoms with E-state index in [9.17, 15) is 0 Å². The van der Waals surface area contributed by atoms with Crippen molar-refractivity contribution in [1.29, 1.82) is 0 Å². The Balaban J connectivity index is 2.03. The monoisotopic (exact) mass is 266 g/mol. The normalized spacial score (nSPS) is 17.1. The number of nitrogens with one attached hydrogen (secondary N) is 1. The Morgan fingerprint density at radius 1 is 1.50 bits per heavy atom. The van der Waals surface area contributed by atoms with Crippen molar-refractivity contribution in [3.05, 3.63) is 29.3 Å². The van der Waals surface area contributed by atoms with Crippen LogP contribution >= 0.6 is 11.8 Å². The van der Waals surface area contributed by atoms with Gasteiger partial charge in [-0.1, -0.05) is 26.0 Å². The average Bonchev–Trinajstić information content (AvgIpc) is 2.86. The molecule has 0 aromatic heterocycles. The molecule has 0 aliphatic carbocycles. The van der Waals surface area contributed by atoms with Crippen LogP contribution in [0.2, 0.25) is 0 Å². The molecule has 2 unspecified atom stereocenters. The number of hydrogen-bond donors (Lipinski definition) is 2. The second-order valence-corrected chi connectivity index (χ2v) is 6.21. The maximum Gasteiger partial charge on any atom is 0.122 e. The molecule has 4 heteroatoms. The summed E-state index contributed by atoms with van der Waals surface area (Å²) in [6.45, 7) is 5.28. The van der Waals surface area contributed by atoms with Crippen molar-refractivity contribution in [3.8, 4) is 5.75 Å². The van der Waals surface area contributed by atoms with Crippen LogP contribution < -0.4 is 16.0 Å². The summed E-state index contributed by atoms with van der Waals surface area (Å²) in [6.07, 6.45) is 2.21. The smallest absolute Gasteiger partial charge is 0.122 e. The summed E-state index contributed by atoms with van der Waals surface area (Å²) < 4.78 is 5.53. The first-order valence-electron chi connectivity index (χ1n) is 6.58. The van der Waals surface area contributed by atoms with Crippen molar-refractivity contribution in [3.63, 3.8) is 0 Å². The van der Waals surface area contributed by atoms with Crippen molar-refractivity contribution < 1.29 is 4.74 Å². The van der Waals surface area contributed by atoms with E-state index in [-0.39, 0.29) is 6.04 Å². The summed E-state index contributed by atoms with van der Waals surface area (Å²) in [6, 6.07) is 6.63. The minimum atomic E-state index is 0.218. The molecule has 0 saturated heterocycles. The van der Waals surface area contributed by atoms with Crippen molar-refractivity contribution >= 4 is 11.8 Å². The molecule has 1 aliphatic rings. The van der Waals surface area contributed by atoms with Gasteiger partial charge in [0.05, 0.1) is 12.6 Å². The topological polar surface area (TPSA) is 47.3 Å². The van der Waals surface area contributed by atoms with E-state index in [1.54, 1.807) is 0 Å². The molecule has 1 aliphatic heterocycles. The highest BCUT2D eigenvalue weighted by Crippen LogP contribution is 2.29. The molecule has 18 heavy (non-hydrogen) atoms. The lowest BCUT2D eigenvalue weighted by atomic mass is 10.0. The Morgan fingerprint density at radius 2 is 2.33 bits per heavy atom. The van der Waals surface area contributed by atoms with Gasteiger partial charge in [-0.05, 0) is 23.6 Å². The molecule has 1 aromatic rings. The number of hydrazine groups is 1. The second-order valence-electron chi connectivity index (χ2n) is 4.74. The lowest BCUT2D eigenvalue weighted by molar-refractivity contribution is 0.356. The van der Waals surface area contributed by atoms with E-state index < -0.39 is 0 Å². The molecule has 0 fully saturated rings. The third kappa shape index (κ3) is 3.19. The number of ether oxygens (including phenoxy) is 1. The molecule has 2 rings (SSSR count). The molecule has 3 N–H and O–H groups in total. The number of rotatable bonds is 6. The Labute approximate surface area is 113 Å². The number of fused-ring (bicyclic) bond motifs is 1. The van der Waals surface area contributed by atoms with Gasteiger partial charge in [0, 0.05) is 17.4 Å². The number of thioether (sulfide) groups is 1. The van der Waals surface area contributed by atoms with Gasteiger partial charge in [-0.3, -0.25) is 11.3 Å². The van der Waals surface area contributed by atoms with Gasteiger partial charge in [-0.2, -0.15) is 11.8 Å². The minimum Gasteiger partial charge on any atom is -0.493 e. The summed E-state index contributed by atoms with van der Waals surface area (Å²) in [4.78, 5) is 0. The summed E-state index contributed by atoms with van der Waals surface area (Å²) in [5, 5.41) is 0.679. The quantitative estimate of drug-likeness (QED) is 0.614. The van der Waals surface area contributed by atoms with E-state index in [0.717, 1.165) is 24.5 Å². The summed E-state index contributed by atoms with van der Waals surface area (Å²) in [5.41, 5.74) is 5.50. The van der Waals surface area contributed by atoms with E-state index in [2.05, 4.69) is 37.5 Å². The number of benzene rings is 1. The summed E-state index contributed by atoms with van der Waals surface area (Å²) in [5.74, 6) is 7.72. The molecule has 0 spiro atoms. The number of nitrogens with two attached hydrogens (primary N) is 1. The van der Waals surface area contributed by atoms with Crippen LogP contribution in [0.1, 0.15) is 37.4 Å². The highest BCUT2D eigenvalue weighted by molar-refractivity contribution is 7.99. The molecule has 0 saturated carbocycles. The second kappa shape index (κ2) is 6.45. The van der Waals surface area contributed by atoms with E-state index in [1.807, 2.05) is 11.8 Å². The predicted molar refractivity (Wildman–Crippen MR) is 77.9 cm³/mol. The van der Waals surface area contributed by atoms with Gasteiger partial charge in [0.25, 0.3) is 0 Å². The minimum absolute atomic E-state index is 0.218. The molecule has 1 aromatic carbocycles. The largest absolute Gasteiger partial charge is 0.493 e. The molecular formula is C14H22N2OS. The van der Waals surface area contributed by atoms with E-state index >= 15 is 0 Å². The van der Waals surface area contributed by atoms with Crippen LogP contribution in [0.25, 0.3) is 0 Å². The molecule has 100 valence electrons. The first-order valence-corrected chi connectivity index (χ1v) is 7.62. The van der Waals surface area contributed by atoms with Gasteiger partial charge in [0.2, 0.25) is 0 Å². The summed E-state index contributed by atoms with van der Waals surface area (Å²) in [7, 11) is 0. The fourth-order valence-electron chi connectivity index (χ4n) is 2.04. The van der Waals surface area contributed by atoms with Crippen molar-refractivity contribution in [2.75, 3.05) is 12.4 Å². The third-order valence-electron chi connectivity index (χ3n) is 3.44. The number of hydrogen-bond acceptors (Lipinski definition) is 4. The standard InChI is InChI=1S/C14H22N2OS/c1-3-10(2)18-9-13(16-15)11-4-5-14-12(8-11)6-7-17-14/h4-5,8,10,13,16H,3,6-7,9,15H2,1-2H3. The fraction of sp³-hybridized carbons (Fsp3) is 0.571. The molecule has 2 atom stereocenters. The highest BCUT2D eigenvalue weighted by atomic mass is 32.2. The average molecular weight is 266 g/mol. The van der Waals surface area contributed by atoms with Gasteiger partial charge in [-0.25, -0.2) is 0 Å². The molecular weight excluding hydrogens is 244 g/mol. The molecule has 0 bridgehead atoms. The van der Waals surface area contributed by atoms with Crippen molar-refractivity contribution in [1.82, 2.24) is 5.43 Å².